The summed E-state index contributed by atoms with van der Waals surface area (Å²) in [6.07, 6.45) is 1.66. The number of Topliss-reactive ketones (excluding diaryl/α,β-unsaturated/α-hetero) is 1. The Kier molecular flexibility index (Phi) is 3.13. The molecule has 2 aromatic heterocycles. The Bertz CT molecular complexity index is 675. The lowest BCUT2D eigenvalue weighted by atomic mass is 9.76. The Hall–Kier alpha value is -1.35. The highest BCUT2D eigenvalue weighted by Gasteiger charge is 2.33. The second-order valence-electron chi connectivity index (χ2n) is 6.69. The smallest absolute Gasteiger partial charge is 0.165 e. The summed E-state index contributed by atoms with van der Waals surface area (Å²) >= 11 is 1.84. The van der Waals surface area contributed by atoms with Crippen molar-refractivity contribution in [3.63, 3.8) is 0 Å². The Balaban J connectivity index is 2.02. The zero-order valence-electron chi connectivity index (χ0n) is 12.6. The predicted molar refractivity (Wildman–Crippen MR) is 83.8 cm³/mol. The Labute approximate surface area is 124 Å². The molecule has 0 unspecified atom stereocenters. The van der Waals surface area contributed by atoms with E-state index in [-0.39, 0.29) is 5.41 Å². The summed E-state index contributed by atoms with van der Waals surface area (Å²) < 4.78 is 2.33. The van der Waals surface area contributed by atoms with Crippen LogP contribution in [0.25, 0.3) is 0 Å². The quantitative estimate of drug-likeness (QED) is 0.804. The normalized spacial score (nSPS) is 17.3. The highest BCUT2D eigenvalue weighted by molar-refractivity contribution is 7.11. The summed E-state index contributed by atoms with van der Waals surface area (Å²) in [5.74, 6) is 0.306. The molecule has 20 heavy (non-hydrogen) atoms. The van der Waals surface area contributed by atoms with Gasteiger partial charge in [-0.15, -0.1) is 11.3 Å². The van der Waals surface area contributed by atoms with E-state index in [1.54, 1.807) is 0 Å². The number of carbonyl (C=O) groups is 1. The standard InChI is InChI=1S/C17H21NOS/c1-11-7-14-15(8-17(3,4)9-16(14)19)18(11)10-13-6-5-12(2)20-13/h5-7H,8-10H2,1-4H3. The largest absolute Gasteiger partial charge is 0.343 e. The molecule has 0 saturated heterocycles. The van der Waals surface area contributed by atoms with Crippen molar-refractivity contribution in [2.75, 3.05) is 0 Å². The molecule has 0 fully saturated rings. The van der Waals surface area contributed by atoms with E-state index in [0.29, 0.717) is 12.2 Å². The van der Waals surface area contributed by atoms with Crippen LogP contribution in [0.2, 0.25) is 0 Å². The number of thiophene rings is 1. The molecular weight excluding hydrogens is 266 g/mol. The average Bonchev–Trinajstić information content (AvgIpc) is 2.86. The number of hydrogen-bond donors (Lipinski definition) is 0. The van der Waals surface area contributed by atoms with Crippen LogP contribution in [-0.2, 0) is 13.0 Å². The molecule has 0 saturated carbocycles. The number of ketones is 1. The molecule has 106 valence electrons. The summed E-state index contributed by atoms with van der Waals surface area (Å²) in [5.41, 5.74) is 3.47. The maximum Gasteiger partial charge on any atom is 0.165 e. The predicted octanol–water partition coefficient (Wildman–Crippen LogP) is 4.37. The van der Waals surface area contributed by atoms with Gasteiger partial charge in [0, 0.05) is 33.1 Å². The summed E-state index contributed by atoms with van der Waals surface area (Å²) in [6.45, 7) is 9.52. The molecule has 1 aliphatic rings. The number of hydrogen-bond acceptors (Lipinski definition) is 2. The van der Waals surface area contributed by atoms with Crippen molar-refractivity contribution in [2.24, 2.45) is 5.41 Å². The molecule has 2 aromatic rings. The van der Waals surface area contributed by atoms with Gasteiger partial charge in [-0.25, -0.2) is 0 Å². The van der Waals surface area contributed by atoms with Crippen LogP contribution >= 0.6 is 11.3 Å². The number of fused-ring (bicyclic) bond motifs is 1. The Morgan fingerprint density at radius 3 is 2.65 bits per heavy atom. The molecule has 0 atom stereocenters. The van der Waals surface area contributed by atoms with Crippen molar-refractivity contribution in [3.8, 4) is 0 Å². The van der Waals surface area contributed by atoms with Crippen molar-refractivity contribution < 1.29 is 4.79 Å². The lowest BCUT2D eigenvalue weighted by molar-refractivity contribution is 0.0910. The molecule has 0 aromatic carbocycles. The van der Waals surface area contributed by atoms with E-state index in [1.807, 2.05) is 11.3 Å². The maximum atomic E-state index is 12.3. The first kappa shape index (κ1) is 13.6. The molecule has 0 bridgehead atoms. The van der Waals surface area contributed by atoms with Gasteiger partial charge in [0.05, 0.1) is 6.54 Å². The van der Waals surface area contributed by atoms with E-state index in [1.165, 1.54) is 21.1 Å². The fourth-order valence-corrected chi connectivity index (χ4v) is 4.03. The van der Waals surface area contributed by atoms with Gasteiger partial charge in [0.15, 0.2) is 5.78 Å². The SMILES string of the molecule is Cc1ccc(Cn2c(C)cc3c2CC(C)(C)CC3=O)s1. The lowest BCUT2D eigenvalue weighted by Gasteiger charge is -2.29. The minimum absolute atomic E-state index is 0.0813. The molecule has 0 spiro atoms. The summed E-state index contributed by atoms with van der Waals surface area (Å²) in [6, 6.07) is 6.44. The zero-order valence-corrected chi connectivity index (χ0v) is 13.4. The molecule has 3 heteroatoms. The van der Waals surface area contributed by atoms with Gasteiger partial charge in [0.1, 0.15) is 0 Å². The monoisotopic (exact) mass is 287 g/mol. The molecule has 0 aliphatic heterocycles. The fraction of sp³-hybridized carbons (Fsp3) is 0.471. The van der Waals surface area contributed by atoms with Crippen LogP contribution in [0.5, 0.6) is 0 Å². The fourth-order valence-electron chi connectivity index (χ4n) is 3.15. The topological polar surface area (TPSA) is 22.0 Å². The third-order valence-electron chi connectivity index (χ3n) is 4.11. The van der Waals surface area contributed by atoms with Gasteiger partial charge < -0.3 is 4.57 Å². The minimum atomic E-state index is 0.0813. The summed E-state index contributed by atoms with van der Waals surface area (Å²) in [4.78, 5) is 15.0. The van der Waals surface area contributed by atoms with Gasteiger partial charge in [-0.1, -0.05) is 13.8 Å². The van der Waals surface area contributed by atoms with Crippen LogP contribution in [0.3, 0.4) is 0 Å². The third kappa shape index (κ3) is 2.35. The van der Waals surface area contributed by atoms with Gasteiger partial charge in [-0.2, -0.15) is 0 Å². The van der Waals surface area contributed by atoms with Crippen molar-refractivity contribution in [3.05, 3.63) is 44.9 Å². The van der Waals surface area contributed by atoms with Gasteiger partial charge in [-0.3, -0.25) is 4.79 Å². The van der Waals surface area contributed by atoms with Crippen molar-refractivity contribution in [1.29, 1.82) is 0 Å². The van der Waals surface area contributed by atoms with Crippen LogP contribution in [0.15, 0.2) is 18.2 Å². The van der Waals surface area contributed by atoms with E-state index < -0.39 is 0 Å². The number of aryl methyl sites for hydroxylation is 2. The van der Waals surface area contributed by atoms with Gasteiger partial charge in [0.25, 0.3) is 0 Å². The third-order valence-corrected chi connectivity index (χ3v) is 5.10. The van der Waals surface area contributed by atoms with Gasteiger partial charge in [0.2, 0.25) is 0 Å². The average molecular weight is 287 g/mol. The molecule has 0 amide bonds. The maximum absolute atomic E-state index is 12.3. The minimum Gasteiger partial charge on any atom is -0.343 e. The molecule has 1 aliphatic carbocycles. The van der Waals surface area contributed by atoms with Crippen molar-refractivity contribution in [2.45, 2.75) is 47.1 Å². The van der Waals surface area contributed by atoms with Crippen molar-refractivity contribution >= 4 is 17.1 Å². The molecule has 2 nitrogen and oxygen atoms in total. The molecule has 2 heterocycles. The highest BCUT2D eigenvalue weighted by Crippen LogP contribution is 2.36. The van der Waals surface area contributed by atoms with Gasteiger partial charge >= 0.3 is 0 Å². The Morgan fingerprint density at radius 1 is 1.25 bits per heavy atom. The first-order valence-electron chi connectivity index (χ1n) is 7.13. The van der Waals surface area contributed by atoms with Crippen LogP contribution < -0.4 is 0 Å². The lowest BCUT2D eigenvalue weighted by Crippen LogP contribution is -2.28. The van der Waals surface area contributed by atoms with Crippen LogP contribution in [0.4, 0.5) is 0 Å². The van der Waals surface area contributed by atoms with E-state index in [0.717, 1.165) is 18.5 Å². The van der Waals surface area contributed by atoms with Gasteiger partial charge in [-0.05, 0) is 43.9 Å². The second-order valence-corrected chi connectivity index (χ2v) is 8.06. The summed E-state index contributed by atoms with van der Waals surface area (Å²) in [7, 11) is 0. The van der Waals surface area contributed by atoms with Crippen LogP contribution in [0.1, 0.15) is 51.8 Å². The molecule has 0 radical (unpaired) electrons. The van der Waals surface area contributed by atoms with Crippen molar-refractivity contribution in [1.82, 2.24) is 4.57 Å². The first-order chi connectivity index (χ1) is 9.35. The first-order valence-corrected chi connectivity index (χ1v) is 7.95. The van der Waals surface area contributed by atoms with Crippen LogP contribution in [-0.4, -0.2) is 10.4 Å². The van der Waals surface area contributed by atoms with E-state index in [2.05, 4.69) is 50.5 Å². The Morgan fingerprint density at radius 2 is 2.00 bits per heavy atom. The van der Waals surface area contributed by atoms with E-state index in [4.69, 9.17) is 0 Å². The number of aromatic nitrogens is 1. The second kappa shape index (κ2) is 4.59. The zero-order chi connectivity index (χ0) is 14.5. The number of nitrogens with zero attached hydrogens (tertiary/aromatic N) is 1. The van der Waals surface area contributed by atoms with E-state index in [9.17, 15) is 4.79 Å². The van der Waals surface area contributed by atoms with Crippen LogP contribution in [0, 0.1) is 19.3 Å². The molecule has 3 rings (SSSR count). The van der Waals surface area contributed by atoms with E-state index >= 15 is 0 Å². The highest BCUT2D eigenvalue weighted by atomic mass is 32.1. The summed E-state index contributed by atoms with van der Waals surface area (Å²) in [5, 5.41) is 0. The molecule has 0 N–H and O–H groups in total. The molecular formula is C17H21NOS. The number of rotatable bonds is 2. The number of carbonyl (C=O) groups excluding carboxylic acids is 1.